The lowest BCUT2D eigenvalue weighted by Gasteiger charge is -2.29. The summed E-state index contributed by atoms with van der Waals surface area (Å²) in [5.74, 6) is -0.412. The number of methoxy groups -OCH3 is 1. The zero-order valence-corrected chi connectivity index (χ0v) is 10.6. The van der Waals surface area contributed by atoms with E-state index in [1.54, 1.807) is 7.11 Å². The summed E-state index contributed by atoms with van der Waals surface area (Å²) in [7, 11) is 3.39. The molecule has 2 N–H and O–H groups in total. The first-order valence-electron chi connectivity index (χ1n) is 4.98. The molecule has 0 rings (SSSR count). The van der Waals surface area contributed by atoms with Crippen LogP contribution in [0.3, 0.4) is 0 Å². The van der Waals surface area contributed by atoms with Crippen LogP contribution in [0.5, 0.6) is 0 Å². The predicted octanol–water partition coefficient (Wildman–Crippen LogP) is 1.53. The number of carbonyl (C=O) groups is 1. The van der Waals surface area contributed by atoms with Gasteiger partial charge in [0, 0.05) is 13.2 Å². The summed E-state index contributed by atoms with van der Waals surface area (Å²) in [5.41, 5.74) is 0. The second-order valence-electron chi connectivity index (χ2n) is 3.57. The number of ether oxygens (including phenoxy) is 1. The average molecular weight is 240 g/mol. The number of hydrogen-bond acceptors (Lipinski definition) is 3. The maximum absolute atomic E-state index is 10.6. The van der Waals surface area contributed by atoms with Crippen molar-refractivity contribution < 1.29 is 14.6 Å². The van der Waals surface area contributed by atoms with Crippen LogP contribution in [0.4, 0.5) is 0 Å². The summed E-state index contributed by atoms with van der Waals surface area (Å²) in [4.78, 5) is 10.6. The van der Waals surface area contributed by atoms with E-state index < -0.39 is 5.97 Å². The molecular weight excluding hydrogens is 218 g/mol. The van der Waals surface area contributed by atoms with Gasteiger partial charge in [0.1, 0.15) is 0 Å². The van der Waals surface area contributed by atoms with Crippen LogP contribution in [-0.2, 0) is 9.53 Å². The second-order valence-corrected chi connectivity index (χ2v) is 3.57. The Bertz CT molecular complexity index is 178. The molecule has 0 bridgehead atoms. The Morgan fingerprint density at radius 3 is 2.33 bits per heavy atom. The van der Waals surface area contributed by atoms with Gasteiger partial charge in [-0.2, -0.15) is 0 Å². The number of hydrogen-bond donors (Lipinski definition) is 2. The molecule has 0 aliphatic carbocycles. The minimum absolute atomic E-state index is 0. The number of rotatable bonds is 7. The van der Waals surface area contributed by atoms with Crippen molar-refractivity contribution in [3.05, 3.63) is 0 Å². The Labute approximate surface area is 97.8 Å². The van der Waals surface area contributed by atoms with Crippen LogP contribution in [0.1, 0.15) is 26.7 Å². The largest absolute Gasteiger partial charge is 0.481 e. The van der Waals surface area contributed by atoms with Crippen LogP contribution in [0, 0.1) is 5.92 Å². The maximum atomic E-state index is 10.6. The molecule has 0 saturated carbocycles. The van der Waals surface area contributed by atoms with Gasteiger partial charge in [0.05, 0.1) is 12.5 Å². The molecule has 4 nitrogen and oxygen atoms in total. The van der Waals surface area contributed by atoms with Crippen molar-refractivity contribution in [2.75, 3.05) is 14.2 Å². The lowest BCUT2D eigenvalue weighted by atomic mass is 9.93. The van der Waals surface area contributed by atoms with Crippen molar-refractivity contribution in [1.82, 2.24) is 5.32 Å². The quantitative estimate of drug-likeness (QED) is 0.708. The molecule has 0 aromatic carbocycles. The fraction of sp³-hybridized carbons (Fsp3) is 0.900. The van der Waals surface area contributed by atoms with Crippen molar-refractivity contribution in [3.63, 3.8) is 0 Å². The SMILES string of the molecule is CC[C@H](C)[C@H](NC)[C@H](CC(=O)O)OC.Cl. The van der Waals surface area contributed by atoms with Gasteiger partial charge in [0.2, 0.25) is 0 Å². The van der Waals surface area contributed by atoms with E-state index in [1.807, 2.05) is 7.05 Å². The third-order valence-electron chi connectivity index (χ3n) is 2.67. The Hall–Kier alpha value is -0.320. The van der Waals surface area contributed by atoms with Crippen molar-refractivity contribution in [2.24, 2.45) is 5.92 Å². The molecule has 0 amide bonds. The molecule has 0 heterocycles. The smallest absolute Gasteiger partial charge is 0.306 e. The third-order valence-corrected chi connectivity index (χ3v) is 2.67. The van der Waals surface area contributed by atoms with Gasteiger partial charge < -0.3 is 15.2 Å². The average Bonchev–Trinajstić information content (AvgIpc) is 2.16. The first-order chi connectivity index (χ1) is 6.56. The van der Waals surface area contributed by atoms with Crippen LogP contribution in [0.25, 0.3) is 0 Å². The summed E-state index contributed by atoms with van der Waals surface area (Å²) in [6.07, 6.45) is 0.796. The van der Waals surface area contributed by atoms with Gasteiger partial charge >= 0.3 is 5.97 Å². The van der Waals surface area contributed by atoms with Gasteiger partial charge in [0.25, 0.3) is 0 Å². The minimum Gasteiger partial charge on any atom is -0.481 e. The molecule has 0 aliphatic heterocycles. The van der Waals surface area contributed by atoms with Crippen molar-refractivity contribution in [1.29, 1.82) is 0 Å². The molecule has 3 atom stereocenters. The van der Waals surface area contributed by atoms with E-state index in [2.05, 4.69) is 19.2 Å². The number of carboxylic acids is 1. The highest BCUT2D eigenvalue weighted by molar-refractivity contribution is 5.85. The number of likely N-dealkylation sites (N-methyl/N-ethyl adjacent to an activating group) is 1. The van der Waals surface area contributed by atoms with Gasteiger partial charge in [-0.3, -0.25) is 4.79 Å². The maximum Gasteiger partial charge on any atom is 0.306 e. The Morgan fingerprint density at radius 2 is 2.07 bits per heavy atom. The fourth-order valence-electron chi connectivity index (χ4n) is 1.62. The molecule has 0 aromatic rings. The van der Waals surface area contributed by atoms with Crippen LogP contribution >= 0.6 is 12.4 Å². The first-order valence-corrected chi connectivity index (χ1v) is 4.98. The predicted molar refractivity (Wildman–Crippen MR) is 62.6 cm³/mol. The first kappa shape index (κ1) is 17.1. The van der Waals surface area contributed by atoms with E-state index in [-0.39, 0.29) is 31.0 Å². The highest BCUT2D eigenvalue weighted by atomic mass is 35.5. The van der Waals surface area contributed by atoms with E-state index in [0.29, 0.717) is 5.92 Å². The fourth-order valence-corrected chi connectivity index (χ4v) is 1.62. The van der Waals surface area contributed by atoms with Crippen molar-refractivity contribution in [3.8, 4) is 0 Å². The highest BCUT2D eigenvalue weighted by Crippen LogP contribution is 2.15. The van der Waals surface area contributed by atoms with Crippen LogP contribution in [0.2, 0.25) is 0 Å². The van der Waals surface area contributed by atoms with Gasteiger partial charge in [-0.1, -0.05) is 20.3 Å². The van der Waals surface area contributed by atoms with Gasteiger partial charge in [-0.25, -0.2) is 0 Å². The van der Waals surface area contributed by atoms with E-state index in [0.717, 1.165) is 6.42 Å². The summed E-state index contributed by atoms with van der Waals surface area (Å²) in [6.45, 7) is 4.18. The summed E-state index contributed by atoms with van der Waals surface area (Å²) in [5, 5.41) is 11.8. The summed E-state index contributed by atoms with van der Waals surface area (Å²) < 4.78 is 5.19. The standard InChI is InChI=1S/C10H21NO3.ClH/c1-5-7(2)10(11-3)8(14-4)6-9(12)13;/h7-8,10-11H,5-6H2,1-4H3,(H,12,13);1H/t7-,8-,10-;/m0./s1. The minimum atomic E-state index is -0.819. The Morgan fingerprint density at radius 1 is 1.53 bits per heavy atom. The molecule has 0 saturated heterocycles. The van der Waals surface area contributed by atoms with E-state index in [1.165, 1.54) is 0 Å². The number of aliphatic carboxylic acids is 1. The number of carboxylic acid groups (broad SMARTS) is 1. The molecule has 0 aliphatic rings. The molecule has 0 fully saturated rings. The Kier molecular flexibility index (Phi) is 10.2. The molecule has 0 aromatic heterocycles. The van der Waals surface area contributed by atoms with E-state index in [9.17, 15) is 4.79 Å². The molecule has 0 radical (unpaired) electrons. The van der Waals surface area contributed by atoms with Gasteiger partial charge in [-0.05, 0) is 13.0 Å². The second kappa shape index (κ2) is 8.95. The molecular formula is C10H22ClNO3. The van der Waals surface area contributed by atoms with Gasteiger partial charge in [-0.15, -0.1) is 12.4 Å². The third kappa shape index (κ3) is 5.97. The zero-order chi connectivity index (χ0) is 11.1. The molecule has 0 unspecified atom stereocenters. The number of halogens is 1. The molecule has 92 valence electrons. The van der Waals surface area contributed by atoms with Crippen LogP contribution in [-0.4, -0.2) is 37.4 Å². The zero-order valence-electron chi connectivity index (χ0n) is 9.82. The molecule has 5 heteroatoms. The van der Waals surface area contributed by atoms with Crippen LogP contribution < -0.4 is 5.32 Å². The lowest BCUT2D eigenvalue weighted by molar-refractivity contribution is -0.140. The number of nitrogens with one attached hydrogen (secondary N) is 1. The van der Waals surface area contributed by atoms with E-state index in [4.69, 9.17) is 9.84 Å². The van der Waals surface area contributed by atoms with E-state index >= 15 is 0 Å². The highest BCUT2D eigenvalue weighted by Gasteiger charge is 2.26. The van der Waals surface area contributed by atoms with Crippen LogP contribution in [0.15, 0.2) is 0 Å². The molecule has 15 heavy (non-hydrogen) atoms. The van der Waals surface area contributed by atoms with Crippen molar-refractivity contribution in [2.45, 2.75) is 38.8 Å². The normalized spacial score (nSPS) is 16.3. The lowest BCUT2D eigenvalue weighted by Crippen LogP contribution is -2.44. The Balaban J connectivity index is 0. The van der Waals surface area contributed by atoms with Gasteiger partial charge in [0.15, 0.2) is 0 Å². The summed E-state index contributed by atoms with van der Waals surface area (Å²) >= 11 is 0. The topological polar surface area (TPSA) is 58.6 Å². The summed E-state index contributed by atoms with van der Waals surface area (Å²) in [6, 6.07) is 0.0982. The monoisotopic (exact) mass is 239 g/mol. The molecule has 0 spiro atoms. The van der Waals surface area contributed by atoms with Crippen molar-refractivity contribution >= 4 is 18.4 Å².